The zero-order valence-corrected chi connectivity index (χ0v) is 12.7. The Morgan fingerprint density at radius 2 is 1.86 bits per heavy atom. The number of hydrogen-bond donors (Lipinski definition) is 1. The van der Waals surface area contributed by atoms with Gasteiger partial charge in [0.1, 0.15) is 19.0 Å². The fraction of sp³-hybridized carbons (Fsp3) is 0.562. The van der Waals surface area contributed by atoms with Crippen molar-refractivity contribution in [3.63, 3.8) is 0 Å². The number of methoxy groups -OCH3 is 1. The van der Waals surface area contributed by atoms with E-state index in [-0.39, 0.29) is 11.8 Å². The second-order valence-corrected chi connectivity index (χ2v) is 5.41. The third kappa shape index (κ3) is 3.27. The Morgan fingerprint density at radius 3 is 2.55 bits per heavy atom. The first-order valence-corrected chi connectivity index (χ1v) is 7.60. The zero-order chi connectivity index (χ0) is 15.4. The van der Waals surface area contributed by atoms with E-state index in [9.17, 15) is 4.79 Å². The molecule has 1 aromatic rings. The van der Waals surface area contributed by atoms with E-state index in [1.54, 1.807) is 7.11 Å². The van der Waals surface area contributed by atoms with Crippen molar-refractivity contribution >= 4 is 5.91 Å². The van der Waals surface area contributed by atoms with Gasteiger partial charge in [0.2, 0.25) is 5.91 Å². The van der Waals surface area contributed by atoms with Crippen LogP contribution in [0.5, 0.6) is 17.2 Å². The van der Waals surface area contributed by atoms with Gasteiger partial charge in [-0.25, -0.2) is 0 Å². The molecule has 2 heterocycles. The number of hydrogen-bond acceptors (Lipinski definition) is 5. The van der Waals surface area contributed by atoms with Crippen molar-refractivity contribution in [3.05, 3.63) is 17.7 Å². The first kappa shape index (κ1) is 15.0. The standard InChI is InChI=1S/C16H21NO5/c1-19-13-9-15-14(21-6-7-22-15)8-12(13)10-17-16(18)11-2-4-20-5-3-11/h8-9,11H,2-7,10H2,1H3,(H,17,18). The van der Waals surface area contributed by atoms with E-state index in [2.05, 4.69) is 5.32 Å². The van der Waals surface area contributed by atoms with Crippen LogP contribution >= 0.6 is 0 Å². The molecule has 2 aliphatic rings. The van der Waals surface area contributed by atoms with Crippen molar-refractivity contribution < 1.29 is 23.7 Å². The molecule has 0 unspecified atom stereocenters. The summed E-state index contributed by atoms with van der Waals surface area (Å²) in [6.07, 6.45) is 1.56. The van der Waals surface area contributed by atoms with Crippen LogP contribution in [0, 0.1) is 5.92 Å². The average molecular weight is 307 g/mol. The summed E-state index contributed by atoms with van der Waals surface area (Å²) >= 11 is 0. The topological polar surface area (TPSA) is 66.0 Å². The Balaban J connectivity index is 1.67. The van der Waals surface area contributed by atoms with E-state index in [1.165, 1.54) is 0 Å². The number of nitrogens with one attached hydrogen (secondary N) is 1. The van der Waals surface area contributed by atoms with Crippen molar-refractivity contribution in [1.29, 1.82) is 0 Å². The maximum absolute atomic E-state index is 12.2. The Labute approximate surface area is 129 Å². The fourth-order valence-electron chi connectivity index (χ4n) is 2.73. The summed E-state index contributed by atoms with van der Waals surface area (Å²) in [5.74, 6) is 2.18. The molecular formula is C16H21NO5. The number of benzene rings is 1. The van der Waals surface area contributed by atoms with Gasteiger partial charge in [0.15, 0.2) is 11.5 Å². The van der Waals surface area contributed by atoms with E-state index < -0.39 is 0 Å². The zero-order valence-electron chi connectivity index (χ0n) is 12.7. The van der Waals surface area contributed by atoms with E-state index in [0.717, 1.165) is 18.4 Å². The largest absolute Gasteiger partial charge is 0.496 e. The normalized spacial score (nSPS) is 17.9. The second-order valence-electron chi connectivity index (χ2n) is 5.41. The SMILES string of the molecule is COc1cc2c(cc1CNC(=O)C1CCOCC1)OCCO2. The summed E-state index contributed by atoms with van der Waals surface area (Å²) in [6.45, 7) is 2.80. The number of rotatable bonds is 4. The lowest BCUT2D eigenvalue weighted by atomic mass is 9.99. The van der Waals surface area contributed by atoms with Crippen LogP contribution in [0.1, 0.15) is 18.4 Å². The van der Waals surface area contributed by atoms with Crippen molar-refractivity contribution in [2.45, 2.75) is 19.4 Å². The number of ether oxygens (including phenoxy) is 4. The molecular weight excluding hydrogens is 286 g/mol. The minimum atomic E-state index is 0.0388. The molecule has 1 saturated heterocycles. The first-order chi connectivity index (χ1) is 10.8. The molecule has 1 N–H and O–H groups in total. The third-order valence-corrected chi connectivity index (χ3v) is 3.99. The molecule has 0 spiro atoms. The van der Waals surface area contributed by atoms with Crippen molar-refractivity contribution in [2.75, 3.05) is 33.5 Å². The monoisotopic (exact) mass is 307 g/mol. The summed E-state index contributed by atoms with van der Waals surface area (Å²) in [5, 5.41) is 2.98. The molecule has 0 atom stereocenters. The minimum Gasteiger partial charge on any atom is -0.496 e. The van der Waals surface area contributed by atoms with E-state index in [0.29, 0.717) is 50.2 Å². The highest BCUT2D eigenvalue weighted by Gasteiger charge is 2.22. The Kier molecular flexibility index (Phi) is 4.68. The highest BCUT2D eigenvalue weighted by molar-refractivity contribution is 5.78. The summed E-state index contributed by atoms with van der Waals surface area (Å²) in [5.41, 5.74) is 0.882. The lowest BCUT2D eigenvalue weighted by Crippen LogP contribution is -2.34. The highest BCUT2D eigenvalue weighted by Crippen LogP contribution is 2.36. The molecule has 0 bridgehead atoms. The number of fused-ring (bicyclic) bond motifs is 1. The van der Waals surface area contributed by atoms with Gasteiger partial charge in [0.25, 0.3) is 0 Å². The molecule has 1 amide bonds. The van der Waals surface area contributed by atoms with Crippen LogP contribution in [0.3, 0.4) is 0 Å². The smallest absolute Gasteiger partial charge is 0.223 e. The van der Waals surface area contributed by atoms with Gasteiger partial charge in [0.05, 0.1) is 7.11 Å². The number of carbonyl (C=O) groups is 1. The van der Waals surface area contributed by atoms with Crippen molar-refractivity contribution in [1.82, 2.24) is 5.32 Å². The molecule has 1 fully saturated rings. The van der Waals surface area contributed by atoms with Crippen LogP contribution < -0.4 is 19.5 Å². The molecule has 6 heteroatoms. The third-order valence-electron chi connectivity index (χ3n) is 3.99. The van der Waals surface area contributed by atoms with Gasteiger partial charge in [-0.05, 0) is 18.9 Å². The molecule has 0 aromatic heterocycles. The average Bonchev–Trinajstić information content (AvgIpc) is 2.59. The van der Waals surface area contributed by atoms with Crippen LogP contribution in [0.25, 0.3) is 0 Å². The van der Waals surface area contributed by atoms with Crippen LogP contribution in [-0.4, -0.2) is 39.4 Å². The van der Waals surface area contributed by atoms with Gasteiger partial charge in [-0.1, -0.05) is 0 Å². The minimum absolute atomic E-state index is 0.0388. The summed E-state index contributed by atoms with van der Waals surface area (Å²) in [6, 6.07) is 3.68. The maximum Gasteiger partial charge on any atom is 0.223 e. The van der Waals surface area contributed by atoms with E-state index in [4.69, 9.17) is 18.9 Å². The van der Waals surface area contributed by atoms with Crippen LogP contribution in [0.15, 0.2) is 12.1 Å². The van der Waals surface area contributed by atoms with E-state index in [1.807, 2.05) is 12.1 Å². The molecule has 120 valence electrons. The summed E-state index contributed by atoms with van der Waals surface area (Å²) in [4.78, 5) is 12.2. The molecule has 22 heavy (non-hydrogen) atoms. The van der Waals surface area contributed by atoms with Crippen LogP contribution in [-0.2, 0) is 16.1 Å². The predicted molar refractivity (Wildman–Crippen MR) is 79.4 cm³/mol. The lowest BCUT2D eigenvalue weighted by Gasteiger charge is -2.23. The van der Waals surface area contributed by atoms with Gasteiger partial charge in [-0.2, -0.15) is 0 Å². The van der Waals surface area contributed by atoms with Crippen LogP contribution in [0.4, 0.5) is 0 Å². The second kappa shape index (κ2) is 6.87. The Bertz CT molecular complexity index is 540. The number of carbonyl (C=O) groups excluding carboxylic acids is 1. The molecule has 0 saturated carbocycles. The van der Waals surface area contributed by atoms with Gasteiger partial charge in [-0.15, -0.1) is 0 Å². The molecule has 2 aliphatic heterocycles. The van der Waals surface area contributed by atoms with Crippen molar-refractivity contribution in [2.24, 2.45) is 5.92 Å². The quantitative estimate of drug-likeness (QED) is 0.913. The van der Waals surface area contributed by atoms with Crippen molar-refractivity contribution in [3.8, 4) is 17.2 Å². The van der Waals surface area contributed by atoms with Gasteiger partial charge >= 0.3 is 0 Å². The summed E-state index contributed by atoms with van der Waals surface area (Å²) < 4.78 is 21.8. The molecule has 1 aromatic carbocycles. The molecule has 6 nitrogen and oxygen atoms in total. The van der Waals surface area contributed by atoms with Crippen LogP contribution in [0.2, 0.25) is 0 Å². The predicted octanol–water partition coefficient (Wildman–Crippen LogP) is 1.51. The summed E-state index contributed by atoms with van der Waals surface area (Å²) in [7, 11) is 1.61. The Morgan fingerprint density at radius 1 is 1.18 bits per heavy atom. The number of amides is 1. The fourth-order valence-corrected chi connectivity index (χ4v) is 2.73. The van der Waals surface area contributed by atoms with Gasteiger partial charge in [-0.3, -0.25) is 4.79 Å². The molecule has 0 aliphatic carbocycles. The molecule has 0 radical (unpaired) electrons. The maximum atomic E-state index is 12.2. The van der Waals surface area contributed by atoms with Gasteiger partial charge in [0, 0.05) is 37.3 Å². The Hall–Kier alpha value is -1.95. The lowest BCUT2D eigenvalue weighted by molar-refractivity contribution is -0.128. The van der Waals surface area contributed by atoms with E-state index >= 15 is 0 Å². The first-order valence-electron chi connectivity index (χ1n) is 7.60. The van der Waals surface area contributed by atoms with Gasteiger partial charge < -0.3 is 24.3 Å². The molecule has 3 rings (SSSR count). The highest BCUT2D eigenvalue weighted by atomic mass is 16.6.